The Kier molecular flexibility index (Phi) is 7.42. The average molecular weight is 510 g/mol. The Morgan fingerprint density at radius 1 is 1.11 bits per heavy atom. The first kappa shape index (κ1) is 24.7. The first-order chi connectivity index (χ1) is 16.7. The fourth-order valence-corrected chi connectivity index (χ4v) is 3.96. The summed E-state index contributed by atoms with van der Waals surface area (Å²) in [5.41, 5.74) is -1.42. The van der Waals surface area contributed by atoms with Crippen LogP contribution >= 0.6 is 11.6 Å². The lowest BCUT2D eigenvalue weighted by Crippen LogP contribution is -2.40. The van der Waals surface area contributed by atoms with E-state index >= 15 is 0 Å². The molecule has 2 heterocycles. The number of carbonyl (C=O) groups is 1. The maximum atomic E-state index is 14.8. The van der Waals surface area contributed by atoms with Gasteiger partial charge in [0.2, 0.25) is 5.91 Å². The molecular weight excluding hydrogens is 490 g/mol. The molecule has 1 aliphatic heterocycles. The maximum Gasteiger partial charge on any atom is 0.277 e. The van der Waals surface area contributed by atoms with Crippen molar-refractivity contribution in [2.24, 2.45) is 0 Å². The monoisotopic (exact) mass is 509 g/mol. The first-order valence-electron chi connectivity index (χ1n) is 10.7. The van der Waals surface area contributed by atoms with E-state index in [1.54, 1.807) is 0 Å². The second-order valence-corrected chi connectivity index (χ2v) is 8.35. The molecule has 1 saturated heterocycles. The van der Waals surface area contributed by atoms with Crippen LogP contribution in [0.25, 0.3) is 5.69 Å². The molecule has 0 aliphatic carbocycles. The molecule has 0 bridgehead atoms. The van der Waals surface area contributed by atoms with Gasteiger partial charge in [-0.05, 0) is 55.3 Å². The number of hydrogen-bond acceptors (Lipinski definition) is 4. The van der Waals surface area contributed by atoms with Crippen molar-refractivity contribution >= 4 is 17.5 Å². The van der Waals surface area contributed by atoms with Gasteiger partial charge in [0.05, 0.1) is 6.04 Å². The van der Waals surface area contributed by atoms with Crippen LogP contribution in [0.2, 0.25) is 5.02 Å². The normalized spacial score (nSPS) is 15.3. The van der Waals surface area contributed by atoms with Crippen molar-refractivity contribution in [2.45, 2.75) is 32.0 Å². The molecule has 3 aromatic rings. The number of hydrogen-bond donors (Lipinski definition) is 2. The lowest BCUT2D eigenvalue weighted by atomic mass is 10.1. The van der Waals surface area contributed by atoms with E-state index in [-0.39, 0.29) is 42.0 Å². The summed E-state index contributed by atoms with van der Waals surface area (Å²) in [6, 6.07) is 5.82. The predicted octanol–water partition coefficient (Wildman–Crippen LogP) is 3.99. The molecule has 1 aliphatic rings. The predicted molar refractivity (Wildman–Crippen MR) is 121 cm³/mol. The van der Waals surface area contributed by atoms with Gasteiger partial charge >= 0.3 is 0 Å². The van der Waals surface area contributed by atoms with Gasteiger partial charge in [0.25, 0.3) is 5.56 Å². The summed E-state index contributed by atoms with van der Waals surface area (Å²) in [6.45, 7) is 0.294. The Balaban J connectivity index is 1.51. The van der Waals surface area contributed by atoms with E-state index in [0.29, 0.717) is 17.1 Å². The molecule has 0 saturated carbocycles. The second kappa shape index (κ2) is 10.5. The summed E-state index contributed by atoms with van der Waals surface area (Å²) < 4.78 is 62.5. The Morgan fingerprint density at radius 3 is 2.51 bits per heavy atom. The third-order valence-corrected chi connectivity index (χ3v) is 5.91. The summed E-state index contributed by atoms with van der Waals surface area (Å²) >= 11 is 6.05. The molecule has 0 radical (unpaired) electrons. The zero-order chi connectivity index (χ0) is 25.1. The molecular formula is C24H20ClF4N3O3. The average Bonchev–Trinajstić information content (AvgIpc) is 3.35. The lowest BCUT2D eigenvalue weighted by molar-refractivity contribution is -0.122. The lowest BCUT2D eigenvalue weighted by Gasteiger charge is -2.14. The van der Waals surface area contributed by atoms with Gasteiger partial charge in [-0.15, -0.1) is 0 Å². The van der Waals surface area contributed by atoms with E-state index in [9.17, 15) is 27.2 Å². The van der Waals surface area contributed by atoms with Crippen LogP contribution in [0.3, 0.4) is 0 Å². The van der Waals surface area contributed by atoms with Crippen LogP contribution in [0.4, 0.5) is 17.6 Å². The number of rotatable bonds is 7. The topological polar surface area (TPSA) is 72.4 Å². The molecule has 11 heteroatoms. The van der Waals surface area contributed by atoms with Crippen molar-refractivity contribution < 1.29 is 27.1 Å². The number of carbonyl (C=O) groups excluding carboxylic acids is 1. The number of benzene rings is 2. The van der Waals surface area contributed by atoms with E-state index in [4.69, 9.17) is 16.3 Å². The molecule has 0 spiro atoms. The van der Waals surface area contributed by atoms with Crippen LogP contribution in [0.1, 0.15) is 24.0 Å². The highest BCUT2D eigenvalue weighted by Crippen LogP contribution is 2.25. The summed E-state index contributed by atoms with van der Waals surface area (Å²) in [4.78, 5) is 24.8. The van der Waals surface area contributed by atoms with Crippen LogP contribution in [-0.4, -0.2) is 23.1 Å². The Labute approximate surface area is 202 Å². The zero-order valence-electron chi connectivity index (χ0n) is 18.2. The van der Waals surface area contributed by atoms with Gasteiger partial charge in [0.1, 0.15) is 34.7 Å². The van der Waals surface area contributed by atoms with E-state index in [1.165, 1.54) is 12.1 Å². The SMILES string of the molecule is O=C(NCc1cc(F)c(-n2ccc(OCc3ccc(F)cc3F)c(Cl)c2=O)c(F)c1)C1CCCN1. The molecule has 1 amide bonds. The fraction of sp³-hybridized carbons (Fsp3) is 0.250. The number of amides is 1. The molecule has 2 N–H and O–H groups in total. The van der Waals surface area contributed by atoms with Crippen LogP contribution in [-0.2, 0) is 17.9 Å². The Morgan fingerprint density at radius 2 is 1.86 bits per heavy atom. The summed E-state index contributed by atoms with van der Waals surface area (Å²) in [7, 11) is 0. The molecule has 1 aromatic heterocycles. The van der Waals surface area contributed by atoms with Crippen molar-refractivity contribution in [3.05, 3.63) is 92.4 Å². The summed E-state index contributed by atoms with van der Waals surface area (Å²) in [6.07, 6.45) is 2.63. The first-order valence-corrected chi connectivity index (χ1v) is 11.1. The minimum atomic E-state index is -1.03. The Hall–Kier alpha value is -3.37. The van der Waals surface area contributed by atoms with Crippen LogP contribution in [0.15, 0.2) is 47.4 Å². The molecule has 1 atom stereocenters. The molecule has 184 valence electrons. The van der Waals surface area contributed by atoms with Crippen molar-refractivity contribution in [2.75, 3.05) is 6.54 Å². The molecule has 2 aromatic carbocycles. The van der Waals surface area contributed by atoms with Crippen LogP contribution in [0, 0.1) is 23.3 Å². The van der Waals surface area contributed by atoms with Gasteiger partial charge in [0.15, 0.2) is 11.6 Å². The third kappa shape index (κ3) is 5.49. The Bertz CT molecular complexity index is 1300. The highest BCUT2D eigenvalue weighted by Gasteiger charge is 2.22. The van der Waals surface area contributed by atoms with Crippen molar-refractivity contribution in [3.8, 4) is 11.4 Å². The van der Waals surface area contributed by atoms with Gasteiger partial charge < -0.3 is 15.4 Å². The van der Waals surface area contributed by atoms with Crippen LogP contribution in [0.5, 0.6) is 5.75 Å². The summed E-state index contributed by atoms with van der Waals surface area (Å²) in [5.74, 6) is -4.06. The van der Waals surface area contributed by atoms with E-state index in [2.05, 4.69) is 10.6 Å². The largest absolute Gasteiger partial charge is 0.487 e. The number of nitrogens with zero attached hydrogens (tertiary/aromatic N) is 1. The van der Waals surface area contributed by atoms with Crippen molar-refractivity contribution in [1.82, 2.24) is 15.2 Å². The highest BCUT2D eigenvalue weighted by molar-refractivity contribution is 6.31. The quantitative estimate of drug-likeness (QED) is 0.472. The van der Waals surface area contributed by atoms with Gasteiger partial charge in [-0.1, -0.05) is 11.6 Å². The van der Waals surface area contributed by atoms with Crippen molar-refractivity contribution in [3.63, 3.8) is 0 Å². The second-order valence-electron chi connectivity index (χ2n) is 7.97. The van der Waals surface area contributed by atoms with Gasteiger partial charge in [-0.2, -0.15) is 0 Å². The molecule has 1 fully saturated rings. The van der Waals surface area contributed by atoms with Gasteiger partial charge in [-0.25, -0.2) is 17.6 Å². The summed E-state index contributed by atoms with van der Waals surface area (Å²) in [5, 5.41) is 5.18. The zero-order valence-corrected chi connectivity index (χ0v) is 19.0. The van der Waals surface area contributed by atoms with Crippen LogP contribution < -0.4 is 20.9 Å². The van der Waals surface area contributed by atoms with E-state index in [1.807, 2.05) is 0 Å². The number of halogens is 5. The molecule has 1 unspecified atom stereocenters. The van der Waals surface area contributed by atoms with Gasteiger partial charge in [0, 0.05) is 24.4 Å². The van der Waals surface area contributed by atoms with E-state index < -0.39 is 39.5 Å². The number of nitrogens with one attached hydrogen (secondary N) is 2. The minimum absolute atomic E-state index is 0.0233. The fourth-order valence-electron chi connectivity index (χ4n) is 3.75. The number of pyridine rings is 1. The highest BCUT2D eigenvalue weighted by atomic mass is 35.5. The molecule has 4 rings (SSSR count). The standard InChI is InChI=1S/C24H20ClF4N3O3/c25-21-20(35-12-14-3-4-15(26)10-16(14)27)5-7-32(24(21)34)22-17(28)8-13(9-18(22)29)11-31-23(33)19-2-1-6-30-19/h3-5,7-10,19,30H,1-2,6,11-12H2,(H,31,33). The number of aromatic nitrogens is 1. The van der Waals surface area contributed by atoms with E-state index in [0.717, 1.165) is 37.4 Å². The minimum Gasteiger partial charge on any atom is -0.487 e. The van der Waals surface area contributed by atoms with Crippen molar-refractivity contribution in [1.29, 1.82) is 0 Å². The number of ether oxygens (including phenoxy) is 1. The van der Waals surface area contributed by atoms with Gasteiger partial charge in [-0.3, -0.25) is 14.2 Å². The molecule has 6 nitrogen and oxygen atoms in total. The smallest absolute Gasteiger partial charge is 0.277 e. The molecule has 35 heavy (non-hydrogen) atoms. The maximum absolute atomic E-state index is 14.8. The third-order valence-electron chi connectivity index (χ3n) is 5.56.